The largest absolute Gasteiger partial charge is 0.486 e. The van der Waals surface area contributed by atoms with Crippen LogP contribution in [-0.4, -0.2) is 19.3 Å². The number of ether oxygens (including phenoxy) is 2. The summed E-state index contributed by atoms with van der Waals surface area (Å²) in [4.78, 5) is 14.9. The van der Waals surface area contributed by atoms with E-state index in [0.29, 0.717) is 13.2 Å². The topological polar surface area (TPSA) is 47.9 Å². The number of rotatable bonds is 2. The molecular weight excluding hydrogens is 242 g/mol. The summed E-state index contributed by atoms with van der Waals surface area (Å²) in [5, 5.41) is 0. The van der Waals surface area contributed by atoms with Gasteiger partial charge in [0.25, 0.3) is 0 Å². The number of aliphatic imine (C=N–C) groups is 1. The van der Waals surface area contributed by atoms with E-state index in [4.69, 9.17) is 9.47 Å². The molecule has 0 radical (unpaired) electrons. The Bertz CT molecular complexity index is 541. The zero-order chi connectivity index (χ0) is 13.3. The number of aryl methyl sites for hydroxylation is 1. The van der Waals surface area contributed by atoms with Crippen molar-refractivity contribution in [3.8, 4) is 11.5 Å². The Morgan fingerprint density at radius 1 is 1.16 bits per heavy atom. The molecule has 4 nitrogen and oxygen atoms in total. The van der Waals surface area contributed by atoms with Gasteiger partial charge in [0.15, 0.2) is 11.5 Å². The van der Waals surface area contributed by atoms with E-state index in [1.54, 1.807) is 6.08 Å². The summed E-state index contributed by atoms with van der Waals surface area (Å²) in [5.74, 6) is 1.57. The normalized spacial score (nSPS) is 19.8. The Hall–Kier alpha value is -1.80. The van der Waals surface area contributed by atoms with Crippen LogP contribution in [0.15, 0.2) is 17.1 Å². The predicted octanol–water partition coefficient (Wildman–Crippen LogP) is 2.87. The maximum atomic E-state index is 10.8. The SMILES string of the molecule is Cc1ccc(C2(N=C=O)CCCC2)c2c1OCCO2. The molecule has 1 saturated carbocycles. The highest BCUT2D eigenvalue weighted by molar-refractivity contribution is 5.56. The van der Waals surface area contributed by atoms with E-state index >= 15 is 0 Å². The van der Waals surface area contributed by atoms with Crippen molar-refractivity contribution >= 4 is 6.08 Å². The molecule has 0 unspecified atom stereocenters. The molecule has 4 heteroatoms. The quantitative estimate of drug-likeness (QED) is 0.606. The molecule has 0 amide bonds. The second-order valence-electron chi connectivity index (χ2n) is 5.23. The van der Waals surface area contributed by atoms with Crippen LogP contribution >= 0.6 is 0 Å². The molecule has 1 heterocycles. The van der Waals surface area contributed by atoms with E-state index in [-0.39, 0.29) is 0 Å². The lowest BCUT2D eigenvalue weighted by atomic mass is 9.87. The number of isocyanates is 1. The van der Waals surface area contributed by atoms with E-state index < -0.39 is 5.54 Å². The molecule has 1 aromatic carbocycles. The first-order chi connectivity index (χ1) is 9.27. The smallest absolute Gasteiger partial charge is 0.235 e. The first-order valence-corrected chi connectivity index (χ1v) is 6.75. The Kier molecular flexibility index (Phi) is 3.03. The molecule has 0 N–H and O–H groups in total. The molecule has 2 aliphatic rings. The van der Waals surface area contributed by atoms with Gasteiger partial charge in [-0.1, -0.05) is 25.0 Å². The van der Waals surface area contributed by atoms with Gasteiger partial charge in [-0.2, -0.15) is 4.99 Å². The number of carbonyl (C=O) groups excluding carboxylic acids is 1. The summed E-state index contributed by atoms with van der Waals surface area (Å²) >= 11 is 0. The molecule has 19 heavy (non-hydrogen) atoms. The molecule has 1 aromatic rings. The van der Waals surface area contributed by atoms with E-state index in [1.807, 2.05) is 19.1 Å². The fraction of sp³-hybridized carbons (Fsp3) is 0.533. The van der Waals surface area contributed by atoms with Crippen LogP contribution in [0.25, 0.3) is 0 Å². The van der Waals surface area contributed by atoms with Crippen LogP contribution in [-0.2, 0) is 10.3 Å². The molecule has 1 aliphatic heterocycles. The monoisotopic (exact) mass is 259 g/mol. The fourth-order valence-corrected chi connectivity index (χ4v) is 3.13. The zero-order valence-electron chi connectivity index (χ0n) is 11.1. The molecule has 1 aliphatic carbocycles. The Morgan fingerprint density at radius 3 is 2.53 bits per heavy atom. The summed E-state index contributed by atoms with van der Waals surface area (Å²) in [6.45, 7) is 3.12. The molecule has 0 saturated heterocycles. The van der Waals surface area contributed by atoms with Crippen LogP contribution in [0.1, 0.15) is 36.8 Å². The standard InChI is InChI=1S/C15H17NO3/c1-11-4-5-12(14-13(11)18-8-9-19-14)15(16-10-17)6-2-3-7-15/h4-5H,2-3,6-9H2,1H3. The molecule has 0 atom stereocenters. The Balaban J connectivity index is 2.16. The van der Waals surface area contributed by atoms with Crippen LogP contribution in [0.5, 0.6) is 11.5 Å². The van der Waals surface area contributed by atoms with Gasteiger partial charge in [-0.15, -0.1) is 0 Å². The van der Waals surface area contributed by atoms with Gasteiger partial charge >= 0.3 is 0 Å². The summed E-state index contributed by atoms with van der Waals surface area (Å²) in [7, 11) is 0. The minimum atomic E-state index is -0.458. The van der Waals surface area contributed by atoms with Crippen LogP contribution < -0.4 is 9.47 Å². The van der Waals surface area contributed by atoms with Crippen molar-refractivity contribution in [1.82, 2.24) is 0 Å². The number of hydrogen-bond donors (Lipinski definition) is 0. The first kappa shape index (κ1) is 12.2. The van der Waals surface area contributed by atoms with E-state index in [1.165, 1.54) is 0 Å². The molecule has 0 aromatic heterocycles. The third-order valence-electron chi connectivity index (χ3n) is 4.08. The maximum absolute atomic E-state index is 10.8. The lowest BCUT2D eigenvalue weighted by molar-refractivity contribution is 0.166. The number of hydrogen-bond acceptors (Lipinski definition) is 4. The summed E-state index contributed by atoms with van der Waals surface area (Å²) in [6, 6.07) is 4.04. The first-order valence-electron chi connectivity index (χ1n) is 6.75. The molecule has 0 bridgehead atoms. The van der Waals surface area contributed by atoms with Gasteiger partial charge in [0.1, 0.15) is 18.8 Å². The van der Waals surface area contributed by atoms with Gasteiger partial charge in [-0.3, -0.25) is 0 Å². The molecule has 100 valence electrons. The number of nitrogens with zero attached hydrogens (tertiary/aromatic N) is 1. The molecular formula is C15H17NO3. The van der Waals surface area contributed by atoms with E-state index in [2.05, 4.69) is 4.99 Å². The van der Waals surface area contributed by atoms with Crippen molar-refractivity contribution in [2.45, 2.75) is 38.1 Å². The van der Waals surface area contributed by atoms with Crippen molar-refractivity contribution < 1.29 is 14.3 Å². The average Bonchev–Trinajstić information content (AvgIpc) is 2.89. The van der Waals surface area contributed by atoms with Gasteiger partial charge in [-0.25, -0.2) is 4.79 Å². The van der Waals surface area contributed by atoms with Crippen molar-refractivity contribution in [3.63, 3.8) is 0 Å². The summed E-state index contributed by atoms with van der Waals surface area (Å²) in [5.41, 5.74) is 1.58. The van der Waals surface area contributed by atoms with Gasteiger partial charge in [-0.05, 0) is 25.3 Å². The van der Waals surface area contributed by atoms with Gasteiger partial charge in [0, 0.05) is 5.56 Å². The third kappa shape index (κ3) is 1.92. The zero-order valence-corrected chi connectivity index (χ0v) is 11.1. The highest BCUT2D eigenvalue weighted by Gasteiger charge is 2.39. The molecule has 1 fully saturated rings. The highest BCUT2D eigenvalue weighted by atomic mass is 16.6. The molecule has 0 spiro atoms. The van der Waals surface area contributed by atoms with Crippen molar-refractivity contribution in [2.75, 3.05) is 13.2 Å². The van der Waals surface area contributed by atoms with Crippen molar-refractivity contribution in [2.24, 2.45) is 4.99 Å². The lowest BCUT2D eigenvalue weighted by Crippen LogP contribution is -2.24. The van der Waals surface area contributed by atoms with Gasteiger partial charge in [0.2, 0.25) is 6.08 Å². The van der Waals surface area contributed by atoms with Crippen LogP contribution in [0.4, 0.5) is 0 Å². The Morgan fingerprint density at radius 2 is 1.84 bits per heavy atom. The van der Waals surface area contributed by atoms with Gasteiger partial charge < -0.3 is 9.47 Å². The van der Waals surface area contributed by atoms with Gasteiger partial charge in [0.05, 0.1) is 0 Å². The predicted molar refractivity (Wildman–Crippen MR) is 70.4 cm³/mol. The van der Waals surface area contributed by atoms with Crippen LogP contribution in [0, 0.1) is 6.92 Å². The molecule has 3 rings (SSSR count). The minimum Gasteiger partial charge on any atom is -0.486 e. The third-order valence-corrected chi connectivity index (χ3v) is 4.08. The van der Waals surface area contributed by atoms with Crippen molar-refractivity contribution in [3.05, 3.63) is 23.3 Å². The highest BCUT2D eigenvalue weighted by Crippen LogP contribution is 2.49. The summed E-state index contributed by atoms with van der Waals surface area (Å²) in [6.07, 6.45) is 5.66. The summed E-state index contributed by atoms with van der Waals surface area (Å²) < 4.78 is 11.5. The van der Waals surface area contributed by atoms with E-state index in [0.717, 1.165) is 48.3 Å². The van der Waals surface area contributed by atoms with Crippen molar-refractivity contribution in [1.29, 1.82) is 0 Å². The average molecular weight is 259 g/mol. The van der Waals surface area contributed by atoms with Crippen LogP contribution in [0.2, 0.25) is 0 Å². The second-order valence-corrected chi connectivity index (χ2v) is 5.23. The lowest BCUT2D eigenvalue weighted by Gasteiger charge is -2.29. The maximum Gasteiger partial charge on any atom is 0.235 e. The number of benzene rings is 1. The van der Waals surface area contributed by atoms with Crippen LogP contribution in [0.3, 0.4) is 0 Å². The Labute approximate surface area is 112 Å². The minimum absolute atomic E-state index is 0.458. The van der Waals surface area contributed by atoms with E-state index in [9.17, 15) is 4.79 Å². The number of fused-ring (bicyclic) bond motifs is 1. The second kappa shape index (κ2) is 4.71. The fourth-order valence-electron chi connectivity index (χ4n) is 3.13.